The van der Waals surface area contributed by atoms with Gasteiger partial charge in [-0.2, -0.15) is 0 Å². The summed E-state index contributed by atoms with van der Waals surface area (Å²) in [5, 5.41) is 2.79. The zero-order chi connectivity index (χ0) is 14.8. The molecule has 8 heteroatoms. The van der Waals surface area contributed by atoms with Gasteiger partial charge in [0.25, 0.3) is 0 Å². The highest BCUT2D eigenvalue weighted by molar-refractivity contribution is 9.10. The number of hydrogen-bond donors (Lipinski definition) is 2. The van der Waals surface area contributed by atoms with E-state index in [1.165, 1.54) is 6.07 Å². The van der Waals surface area contributed by atoms with E-state index < -0.39 is 10.0 Å². The van der Waals surface area contributed by atoms with Crippen molar-refractivity contribution in [2.45, 2.75) is 24.3 Å². The first kappa shape index (κ1) is 15.7. The number of pyridine rings is 1. The summed E-state index contributed by atoms with van der Waals surface area (Å²) in [5.41, 5.74) is 0. The van der Waals surface area contributed by atoms with E-state index in [1.54, 1.807) is 13.2 Å². The number of sulfonamides is 1. The Bertz CT molecular complexity index is 579. The molecular formula is C12H18BrN3O3S. The van der Waals surface area contributed by atoms with Crippen molar-refractivity contribution in [1.82, 2.24) is 9.71 Å². The minimum atomic E-state index is -3.60. The fourth-order valence-corrected chi connectivity index (χ4v) is 3.92. The number of halogens is 1. The van der Waals surface area contributed by atoms with Crippen LogP contribution >= 0.6 is 15.9 Å². The monoisotopic (exact) mass is 363 g/mol. The van der Waals surface area contributed by atoms with Crippen molar-refractivity contribution in [2.75, 3.05) is 25.5 Å². The fourth-order valence-electron chi connectivity index (χ4n) is 2.15. The lowest BCUT2D eigenvalue weighted by molar-refractivity contribution is 0.107. The molecule has 0 bridgehead atoms. The number of anilines is 1. The summed E-state index contributed by atoms with van der Waals surface area (Å²) in [4.78, 5) is 4.20. The summed E-state index contributed by atoms with van der Waals surface area (Å²) in [6.07, 6.45) is 2.51. The average molecular weight is 364 g/mol. The van der Waals surface area contributed by atoms with Gasteiger partial charge in [0.1, 0.15) is 10.7 Å². The normalized spacial score (nSPS) is 22.9. The highest BCUT2D eigenvalue weighted by atomic mass is 79.9. The highest BCUT2D eigenvalue weighted by Crippen LogP contribution is 2.24. The first-order valence-corrected chi connectivity index (χ1v) is 8.66. The van der Waals surface area contributed by atoms with Crippen LogP contribution in [-0.2, 0) is 14.8 Å². The molecule has 2 heterocycles. The van der Waals surface area contributed by atoms with Crippen LogP contribution in [0.25, 0.3) is 0 Å². The Morgan fingerprint density at radius 3 is 2.90 bits per heavy atom. The van der Waals surface area contributed by atoms with E-state index in [0.717, 1.165) is 6.42 Å². The van der Waals surface area contributed by atoms with Crippen LogP contribution in [0.1, 0.15) is 13.3 Å². The van der Waals surface area contributed by atoms with Crippen LogP contribution in [0.5, 0.6) is 0 Å². The van der Waals surface area contributed by atoms with Gasteiger partial charge in [-0.3, -0.25) is 0 Å². The second kappa shape index (κ2) is 6.38. The van der Waals surface area contributed by atoms with Crippen molar-refractivity contribution in [3.05, 3.63) is 16.7 Å². The van der Waals surface area contributed by atoms with Gasteiger partial charge in [0.15, 0.2) is 0 Å². The molecule has 2 unspecified atom stereocenters. The zero-order valence-corrected chi connectivity index (χ0v) is 13.8. The third kappa shape index (κ3) is 3.49. The molecular weight excluding hydrogens is 346 g/mol. The smallest absolute Gasteiger partial charge is 0.244 e. The SMILES string of the molecule is CNc1ncc(Br)cc1S(=O)(=O)NCC1CCOC1C. The van der Waals surface area contributed by atoms with Crippen molar-refractivity contribution in [3.8, 4) is 0 Å². The van der Waals surface area contributed by atoms with Gasteiger partial charge in [-0.1, -0.05) is 0 Å². The highest BCUT2D eigenvalue weighted by Gasteiger charge is 2.27. The molecule has 1 saturated heterocycles. The second-order valence-electron chi connectivity index (χ2n) is 4.73. The van der Waals surface area contributed by atoms with Gasteiger partial charge in [-0.05, 0) is 35.3 Å². The third-order valence-electron chi connectivity index (χ3n) is 3.41. The Balaban J connectivity index is 2.15. The standard InChI is InChI=1S/C12H18BrN3O3S/c1-8-9(3-4-19-8)6-16-20(17,18)11-5-10(13)7-15-12(11)14-2/h5,7-9,16H,3-4,6H2,1-2H3,(H,14,15). The maximum absolute atomic E-state index is 12.4. The summed E-state index contributed by atoms with van der Waals surface area (Å²) in [6.45, 7) is 3.03. The summed E-state index contributed by atoms with van der Waals surface area (Å²) in [7, 11) is -1.96. The number of ether oxygens (including phenoxy) is 1. The Morgan fingerprint density at radius 2 is 2.30 bits per heavy atom. The molecule has 2 atom stereocenters. The molecule has 1 aromatic heterocycles. The lowest BCUT2D eigenvalue weighted by Gasteiger charge is -2.16. The fraction of sp³-hybridized carbons (Fsp3) is 0.583. The molecule has 0 saturated carbocycles. The zero-order valence-electron chi connectivity index (χ0n) is 11.4. The predicted octanol–water partition coefficient (Wildman–Crippen LogP) is 1.59. The Kier molecular flexibility index (Phi) is 5.00. The summed E-state index contributed by atoms with van der Waals surface area (Å²) in [6, 6.07) is 1.54. The first-order valence-electron chi connectivity index (χ1n) is 6.38. The Morgan fingerprint density at radius 1 is 1.55 bits per heavy atom. The molecule has 0 aliphatic carbocycles. The van der Waals surface area contributed by atoms with E-state index >= 15 is 0 Å². The first-order chi connectivity index (χ1) is 9.44. The van der Waals surface area contributed by atoms with E-state index in [0.29, 0.717) is 23.4 Å². The Labute approximate surface area is 127 Å². The van der Waals surface area contributed by atoms with Crippen molar-refractivity contribution < 1.29 is 13.2 Å². The number of hydrogen-bond acceptors (Lipinski definition) is 5. The van der Waals surface area contributed by atoms with E-state index in [-0.39, 0.29) is 16.9 Å². The van der Waals surface area contributed by atoms with Crippen LogP contribution in [-0.4, -0.2) is 39.7 Å². The van der Waals surface area contributed by atoms with Gasteiger partial charge in [-0.25, -0.2) is 18.1 Å². The third-order valence-corrected chi connectivity index (χ3v) is 5.29. The molecule has 0 radical (unpaired) electrons. The quantitative estimate of drug-likeness (QED) is 0.830. The van der Waals surface area contributed by atoms with Gasteiger partial charge < -0.3 is 10.1 Å². The largest absolute Gasteiger partial charge is 0.378 e. The predicted molar refractivity (Wildman–Crippen MR) is 80.2 cm³/mol. The molecule has 0 spiro atoms. The molecule has 112 valence electrons. The molecule has 1 aromatic rings. The van der Waals surface area contributed by atoms with E-state index in [9.17, 15) is 8.42 Å². The number of nitrogens with zero attached hydrogens (tertiary/aromatic N) is 1. The molecule has 1 aliphatic rings. The van der Waals surface area contributed by atoms with Gasteiger partial charge in [0, 0.05) is 36.8 Å². The molecule has 0 aromatic carbocycles. The molecule has 1 fully saturated rings. The van der Waals surface area contributed by atoms with Gasteiger partial charge >= 0.3 is 0 Å². The Hall–Kier alpha value is -0.700. The van der Waals surface area contributed by atoms with Gasteiger partial charge in [0.2, 0.25) is 10.0 Å². The summed E-state index contributed by atoms with van der Waals surface area (Å²) >= 11 is 3.24. The molecule has 6 nitrogen and oxygen atoms in total. The molecule has 2 rings (SSSR count). The van der Waals surface area contributed by atoms with E-state index in [4.69, 9.17) is 4.74 Å². The summed E-state index contributed by atoms with van der Waals surface area (Å²) in [5.74, 6) is 0.541. The lowest BCUT2D eigenvalue weighted by atomic mass is 10.0. The van der Waals surface area contributed by atoms with Crippen LogP contribution < -0.4 is 10.0 Å². The molecule has 1 aliphatic heterocycles. The van der Waals surface area contributed by atoms with Crippen LogP contribution in [0, 0.1) is 5.92 Å². The van der Waals surface area contributed by atoms with E-state index in [1.807, 2.05) is 6.92 Å². The van der Waals surface area contributed by atoms with Crippen molar-refractivity contribution in [2.24, 2.45) is 5.92 Å². The molecule has 0 amide bonds. The van der Waals surface area contributed by atoms with Crippen molar-refractivity contribution >= 4 is 31.8 Å². The lowest BCUT2D eigenvalue weighted by Crippen LogP contribution is -2.32. The second-order valence-corrected chi connectivity index (χ2v) is 7.38. The van der Waals surface area contributed by atoms with Gasteiger partial charge in [-0.15, -0.1) is 0 Å². The average Bonchev–Trinajstić information content (AvgIpc) is 2.82. The number of nitrogens with one attached hydrogen (secondary N) is 2. The van der Waals surface area contributed by atoms with Crippen molar-refractivity contribution in [3.63, 3.8) is 0 Å². The molecule has 20 heavy (non-hydrogen) atoms. The topological polar surface area (TPSA) is 80.3 Å². The number of rotatable bonds is 5. The van der Waals surface area contributed by atoms with Crippen LogP contribution in [0.15, 0.2) is 21.6 Å². The van der Waals surface area contributed by atoms with Crippen molar-refractivity contribution in [1.29, 1.82) is 0 Å². The minimum absolute atomic E-state index is 0.0853. The van der Waals surface area contributed by atoms with Crippen LogP contribution in [0.3, 0.4) is 0 Å². The van der Waals surface area contributed by atoms with Crippen LogP contribution in [0.4, 0.5) is 5.82 Å². The van der Waals surface area contributed by atoms with Crippen LogP contribution in [0.2, 0.25) is 0 Å². The maximum Gasteiger partial charge on any atom is 0.244 e. The summed E-state index contributed by atoms with van der Waals surface area (Å²) < 4.78 is 33.4. The maximum atomic E-state index is 12.4. The van der Waals surface area contributed by atoms with E-state index in [2.05, 4.69) is 31.0 Å². The minimum Gasteiger partial charge on any atom is -0.378 e. The molecule has 2 N–H and O–H groups in total. The van der Waals surface area contributed by atoms with Gasteiger partial charge in [0.05, 0.1) is 6.10 Å². The number of aromatic nitrogens is 1.